The Morgan fingerprint density at radius 3 is 2.50 bits per heavy atom. The smallest absolute Gasteiger partial charge is 0.308 e. The number of nitrogens with zero attached hydrogens (tertiary/aromatic N) is 1. The molecular formula is C14H27NO3. The van der Waals surface area contributed by atoms with Crippen molar-refractivity contribution in [2.24, 2.45) is 11.8 Å². The predicted octanol–water partition coefficient (Wildman–Crippen LogP) is 1.93. The van der Waals surface area contributed by atoms with Crippen LogP contribution in [-0.2, 0) is 14.3 Å². The van der Waals surface area contributed by atoms with Crippen LogP contribution in [0.4, 0.5) is 0 Å². The van der Waals surface area contributed by atoms with Gasteiger partial charge in [-0.05, 0) is 38.3 Å². The van der Waals surface area contributed by atoms with Crippen LogP contribution in [0.1, 0.15) is 33.1 Å². The SMILES string of the molecule is COC(=O)C1CCN(CCOCCC(C)C)CC1. The van der Waals surface area contributed by atoms with E-state index in [0.29, 0.717) is 5.92 Å². The van der Waals surface area contributed by atoms with Gasteiger partial charge in [0.05, 0.1) is 19.6 Å². The first-order chi connectivity index (χ1) is 8.63. The zero-order chi connectivity index (χ0) is 13.4. The number of esters is 1. The van der Waals surface area contributed by atoms with Crippen molar-refractivity contribution < 1.29 is 14.3 Å². The van der Waals surface area contributed by atoms with Gasteiger partial charge in [-0.3, -0.25) is 4.79 Å². The van der Waals surface area contributed by atoms with E-state index in [2.05, 4.69) is 18.7 Å². The minimum atomic E-state index is -0.0529. The number of carbonyl (C=O) groups excluding carboxylic acids is 1. The Bertz CT molecular complexity index is 235. The minimum Gasteiger partial charge on any atom is -0.469 e. The first-order valence-electron chi connectivity index (χ1n) is 7.01. The summed E-state index contributed by atoms with van der Waals surface area (Å²) >= 11 is 0. The van der Waals surface area contributed by atoms with Crippen molar-refractivity contribution in [1.29, 1.82) is 0 Å². The Morgan fingerprint density at radius 2 is 1.94 bits per heavy atom. The molecule has 0 saturated carbocycles. The fraction of sp³-hybridized carbons (Fsp3) is 0.929. The molecule has 0 spiro atoms. The molecule has 0 amide bonds. The molecule has 0 atom stereocenters. The highest BCUT2D eigenvalue weighted by molar-refractivity contribution is 5.72. The van der Waals surface area contributed by atoms with E-state index in [1.807, 2.05) is 0 Å². The standard InChI is InChI=1S/C14H27NO3/c1-12(2)6-10-18-11-9-15-7-4-13(5-8-15)14(16)17-3/h12-13H,4-11H2,1-3H3. The van der Waals surface area contributed by atoms with Gasteiger partial charge in [0.15, 0.2) is 0 Å². The molecule has 0 aliphatic carbocycles. The average Bonchev–Trinajstić information content (AvgIpc) is 2.38. The Kier molecular flexibility index (Phi) is 7.28. The van der Waals surface area contributed by atoms with Crippen molar-refractivity contribution in [1.82, 2.24) is 4.90 Å². The number of hydrogen-bond donors (Lipinski definition) is 0. The summed E-state index contributed by atoms with van der Waals surface area (Å²) in [7, 11) is 1.47. The molecule has 4 nitrogen and oxygen atoms in total. The van der Waals surface area contributed by atoms with Crippen LogP contribution < -0.4 is 0 Å². The summed E-state index contributed by atoms with van der Waals surface area (Å²) < 4.78 is 10.4. The third-order valence-corrected chi connectivity index (χ3v) is 3.51. The second kappa shape index (κ2) is 8.48. The minimum absolute atomic E-state index is 0.0529. The molecule has 1 saturated heterocycles. The Morgan fingerprint density at radius 1 is 1.28 bits per heavy atom. The van der Waals surface area contributed by atoms with Crippen LogP contribution in [0, 0.1) is 11.8 Å². The van der Waals surface area contributed by atoms with E-state index in [9.17, 15) is 4.79 Å². The number of hydrogen-bond acceptors (Lipinski definition) is 4. The van der Waals surface area contributed by atoms with Crippen molar-refractivity contribution in [3.05, 3.63) is 0 Å². The van der Waals surface area contributed by atoms with E-state index in [-0.39, 0.29) is 11.9 Å². The van der Waals surface area contributed by atoms with Crippen LogP contribution in [0.15, 0.2) is 0 Å². The molecule has 4 heteroatoms. The Balaban J connectivity index is 2.04. The molecule has 1 heterocycles. The monoisotopic (exact) mass is 257 g/mol. The quantitative estimate of drug-likeness (QED) is 0.516. The van der Waals surface area contributed by atoms with Crippen LogP contribution in [0.25, 0.3) is 0 Å². The zero-order valence-corrected chi connectivity index (χ0v) is 12.0. The van der Waals surface area contributed by atoms with Crippen LogP contribution in [0.2, 0.25) is 0 Å². The van der Waals surface area contributed by atoms with Crippen LogP contribution in [0.5, 0.6) is 0 Å². The maximum atomic E-state index is 11.4. The van der Waals surface area contributed by atoms with Gasteiger partial charge in [0.2, 0.25) is 0 Å². The number of piperidine rings is 1. The molecule has 1 aliphatic rings. The van der Waals surface area contributed by atoms with Crippen molar-refractivity contribution in [3.63, 3.8) is 0 Å². The second-order valence-electron chi connectivity index (χ2n) is 5.43. The molecular weight excluding hydrogens is 230 g/mol. The normalized spacial score (nSPS) is 18.2. The van der Waals surface area contributed by atoms with Crippen LogP contribution in [-0.4, -0.2) is 50.8 Å². The summed E-state index contributed by atoms with van der Waals surface area (Å²) in [6.07, 6.45) is 2.96. The highest BCUT2D eigenvalue weighted by Gasteiger charge is 2.25. The largest absolute Gasteiger partial charge is 0.469 e. The summed E-state index contributed by atoms with van der Waals surface area (Å²) in [5.41, 5.74) is 0. The average molecular weight is 257 g/mol. The fourth-order valence-electron chi connectivity index (χ4n) is 2.17. The number of ether oxygens (including phenoxy) is 2. The predicted molar refractivity (Wildman–Crippen MR) is 71.5 cm³/mol. The van der Waals surface area contributed by atoms with E-state index in [1.165, 1.54) is 7.11 Å². The highest BCUT2D eigenvalue weighted by Crippen LogP contribution is 2.17. The lowest BCUT2D eigenvalue weighted by Crippen LogP contribution is -2.38. The Hall–Kier alpha value is -0.610. The van der Waals surface area contributed by atoms with Gasteiger partial charge in [-0.15, -0.1) is 0 Å². The van der Waals surface area contributed by atoms with E-state index in [1.54, 1.807) is 0 Å². The summed E-state index contributed by atoms with van der Waals surface area (Å²) in [4.78, 5) is 13.7. The topological polar surface area (TPSA) is 38.8 Å². The van der Waals surface area contributed by atoms with E-state index in [4.69, 9.17) is 9.47 Å². The summed E-state index contributed by atoms with van der Waals surface area (Å²) in [6.45, 7) is 9.01. The van der Waals surface area contributed by atoms with Gasteiger partial charge in [-0.25, -0.2) is 0 Å². The molecule has 18 heavy (non-hydrogen) atoms. The van der Waals surface area contributed by atoms with Gasteiger partial charge >= 0.3 is 5.97 Å². The molecule has 1 fully saturated rings. The molecule has 106 valence electrons. The van der Waals surface area contributed by atoms with Gasteiger partial charge in [0.1, 0.15) is 0 Å². The number of rotatable bonds is 7. The Labute approximate surface area is 111 Å². The lowest BCUT2D eigenvalue weighted by molar-refractivity contribution is -0.147. The second-order valence-corrected chi connectivity index (χ2v) is 5.43. The lowest BCUT2D eigenvalue weighted by atomic mass is 9.97. The van der Waals surface area contributed by atoms with E-state index < -0.39 is 0 Å². The van der Waals surface area contributed by atoms with Gasteiger partial charge in [-0.2, -0.15) is 0 Å². The van der Waals surface area contributed by atoms with Gasteiger partial charge in [0, 0.05) is 13.2 Å². The highest BCUT2D eigenvalue weighted by atomic mass is 16.5. The van der Waals surface area contributed by atoms with E-state index >= 15 is 0 Å². The van der Waals surface area contributed by atoms with E-state index in [0.717, 1.165) is 52.1 Å². The van der Waals surface area contributed by atoms with Crippen molar-refractivity contribution in [2.75, 3.05) is 40.0 Å². The molecule has 0 aromatic heterocycles. The first-order valence-corrected chi connectivity index (χ1v) is 7.01. The molecule has 0 radical (unpaired) electrons. The summed E-state index contributed by atoms with van der Waals surface area (Å²) in [5, 5.41) is 0. The molecule has 0 bridgehead atoms. The molecule has 1 rings (SSSR count). The summed E-state index contributed by atoms with van der Waals surface area (Å²) in [5.74, 6) is 0.761. The maximum absolute atomic E-state index is 11.4. The van der Waals surface area contributed by atoms with Crippen LogP contribution in [0.3, 0.4) is 0 Å². The third kappa shape index (κ3) is 5.83. The van der Waals surface area contributed by atoms with Crippen LogP contribution >= 0.6 is 0 Å². The first kappa shape index (κ1) is 15.4. The number of carbonyl (C=O) groups is 1. The maximum Gasteiger partial charge on any atom is 0.308 e. The van der Waals surface area contributed by atoms with Crippen molar-refractivity contribution in [2.45, 2.75) is 33.1 Å². The lowest BCUT2D eigenvalue weighted by Gasteiger charge is -2.30. The van der Waals surface area contributed by atoms with Gasteiger partial charge in [-0.1, -0.05) is 13.8 Å². The third-order valence-electron chi connectivity index (χ3n) is 3.51. The molecule has 0 unspecified atom stereocenters. The molecule has 0 aromatic carbocycles. The van der Waals surface area contributed by atoms with Crippen molar-refractivity contribution in [3.8, 4) is 0 Å². The van der Waals surface area contributed by atoms with Gasteiger partial charge in [0.25, 0.3) is 0 Å². The van der Waals surface area contributed by atoms with Gasteiger partial charge < -0.3 is 14.4 Å². The zero-order valence-electron chi connectivity index (χ0n) is 12.0. The number of methoxy groups -OCH3 is 1. The molecule has 1 aliphatic heterocycles. The molecule has 0 aromatic rings. The summed E-state index contributed by atoms with van der Waals surface area (Å²) in [6, 6.07) is 0. The molecule has 0 N–H and O–H groups in total. The van der Waals surface area contributed by atoms with Crippen molar-refractivity contribution >= 4 is 5.97 Å². The fourth-order valence-corrected chi connectivity index (χ4v) is 2.17. The number of likely N-dealkylation sites (tertiary alicyclic amines) is 1.